The predicted octanol–water partition coefficient (Wildman–Crippen LogP) is 1.95. The van der Waals surface area contributed by atoms with Crippen molar-refractivity contribution in [1.29, 1.82) is 0 Å². The minimum Gasteiger partial charge on any atom is -0.372 e. The van der Waals surface area contributed by atoms with Crippen LogP contribution in [0.3, 0.4) is 0 Å². The lowest BCUT2D eigenvalue weighted by atomic mass is 10.0. The monoisotopic (exact) mass is 163 g/mol. The van der Waals surface area contributed by atoms with E-state index in [0.29, 0.717) is 12.5 Å². The normalized spacial score (nSPS) is 12.8. The largest absolute Gasteiger partial charge is 0.372 e. The first kappa shape index (κ1) is 9.20. The van der Waals surface area contributed by atoms with Crippen LogP contribution in [0.4, 0.5) is 0 Å². The van der Waals surface area contributed by atoms with Gasteiger partial charge >= 0.3 is 0 Å². The fourth-order valence-corrected chi connectivity index (χ4v) is 1.14. The molecule has 2 heteroatoms. The van der Waals surface area contributed by atoms with Gasteiger partial charge in [0.25, 0.3) is 0 Å². The van der Waals surface area contributed by atoms with Crippen LogP contribution < -0.4 is 0 Å². The zero-order chi connectivity index (χ0) is 8.81. The minimum atomic E-state index is 0.444. The SMILES string of the molecule is [CH]OCC(C)Cc1cccnc1. The Morgan fingerprint density at radius 2 is 2.50 bits per heavy atom. The Balaban J connectivity index is 2.41. The summed E-state index contributed by atoms with van der Waals surface area (Å²) in [6, 6.07) is 3.99. The molecule has 0 saturated carbocycles. The number of pyridine rings is 1. The van der Waals surface area contributed by atoms with Gasteiger partial charge in [0.05, 0.1) is 6.61 Å². The number of aromatic nitrogens is 1. The van der Waals surface area contributed by atoms with Gasteiger partial charge in [-0.15, -0.1) is 0 Å². The van der Waals surface area contributed by atoms with Gasteiger partial charge in [-0.05, 0) is 24.0 Å². The van der Waals surface area contributed by atoms with E-state index < -0.39 is 0 Å². The predicted molar refractivity (Wildman–Crippen MR) is 47.4 cm³/mol. The molecule has 0 amide bonds. The van der Waals surface area contributed by atoms with Crippen molar-refractivity contribution in [3.05, 3.63) is 37.2 Å². The maximum absolute atomic E-state index is 4.97. The van der Waals surface area contributed by atoms with Crippen LogP contribution in [0.1, 0.15) is 12.5 Å². The molecule has 1 rings (SSSR count). The third kappa shape index (κ3) is 3.01. The van der Waals surface area contributed by atoms with E-state index >= 15 is 0 Å². The lowest BCUT2D eigenvalue weighted by Gasteiger charge is -2.08. The van der Waals surface area contributed by atoms with E-state index in [9.17, 15) is 0 Å². The van der Waals surface area contributed by atoms with Crippen molar-refractivity contribution >= 4 is 0 Å². The second-order valence-electron chi connectivity index (χ2n) is 3.00. The van der Waals surface area contributed by atoms with Crippen LogP contribution in [0.15, 0.2) is 24.5 Å². The van der Waals surface area contributed by atoms with Crippen molar-refractivity contribution in [2.75, 3.05) is 6.61 Å². The molecular weight excluding hydrogens is 150 g/mol. The Morgan fingerprint density at radius 1 is 1.67 bits per heavy atom. The van der Waals surface area contributed by atoms with Gasteiger partial charge in [-0.1, -0.05) is 13.0 Å². The number of rotatable bonds is 4. The highest BCUT2D eigenvalue weighted by molar-refractivity contribution is 5.08. The molecule has 0 saturated heterocycles. The van der Waals surface area contributed by atoms with Crippen molar-refractivity contribution in [3.63, 3.8) is 0 Å². The number of hydrogen-bond donors (Lipinski definition) is 0. The van der Waals surface area contributed by atoms with E-state index in [-0.39, 0.29) is 0 Å². The summed E-state index contributed by atoms with van der Waals surface area (Å²) in [5.41, 5.74) is 1.22. The molecular formula is C10H13NO. The minimum absolute atomic E-state index is 0.444. The van der Waals surface area contributed by atoms with Crippen LogP contribution in [0.5, 0.6) is 0 Å². The molecule has 0 fully saturated rings. The summed E-state index contributed by atoms with van der Waals surface area (Å²) in [6.45, 7) is 2.69. The lowest BCUT2D eigenvalue weighted by Crippen LogP contribution is -2.06. The van der Waals surface area contributed by atoms with E-state index in [2.05, 4.69) is 22.7 Å². The smallest absolute Gasteiger partial charge is 0.115 e. The van der Waals surface area contributed by atoms with Crippen molar-refractivity contribution in [2.24, 2.45) is 5.92 Å². The Morgan fingerprint density at radius 3 is 3.08 bits per heavy atom. The summed E-state index contributed by atoms with van der Waals surface area (Å²) >= 11 is 0. The Hall–Kier alpha value is -0.890. The molecule has 12 heavy (non-hydrogen) atoms. The van der Waals surface area contributed by atoms with E-state index in [1.54, 1.807) is 6.20 Å². The van der Waals surface area contributed by atoms with Crippen LogP contribution in [0.2, 0.25) is 0 Å². The van der Waals surface area contributed by atoms with Crippen LogP contribution in [-0.4, -0.2) is 11.6 Å². The molecule has 0 N–H and O–H groups in total. The van der Waals surface area contributed by atoms with Crippen molar-refractivity contribution in [1.82, 2.24) is 4.98 Å². The fourth-order valence-electron chi connectivity index (χ4n) is 1.14. The van der Waals surface area contributed by atoms with Gasteiger partial charge < -0.3 is 4.74 Å². The van der Waals surface area contributed by atoms with Gasteiger partial charge in [0.2, 0.25) is 0 Å². The van der Waals surface area contributed by atoms with E-state index in [0.717, 1.165) is 6.42 Å². The second kappa shape index (κ2) is 4.88. The Bertz CT molecular complexity index is 210. The molecule has 0 aliphatic heterocycles. The molecule has 0 aromatic carbocycles. The van der Waals surface area contributed by atoms with Gasteiger partial charge in [-0.2, -0.15) is 0 Å². The summed E-state index contributed by atoms with van der Waals surface area (Å²) in [7, 11) is 4.97. The maximum Gasteiger partial charge on any atom is 0.115 e. The first-order valence-electron chi connectivity index (χ1n) is 4.03. The highest BCUT2D eigenvalue weighted by atomic mass is 16.5. The van der Waals surface area contributed by atoms with Crippen LogP contribution in [-0.2, 0) is 11.2 Å². The van der Waals surface area contributed by atoms with Gasteiger partial charge in [0.1, 0.15) is 7.11 Å². The summed E-state index contributed by atoms with van der Waals surface area (Å²) in [4.78, 5) is 4.03. The third-order valence-electron chi connectivity index (χ3n) is 1.69. The van der Waals surface area contributed by atoms with Gasteiger partial charge in [0, 0.05) is 12.4 Å². The number of hydrogen-bond acceptors (Lipinski definition) is 2. The molecule has 0 bridgehead atoms. The number of nitrogens with zero attached hydrogens (tertiary/aromatic N) is 1. The Labute approximate surface area is 73.6 Å². The van der Waals surface area contributed by atoms with Crippen LogP contribution >= 0.6 is 0 Å². The third-order valence-corrected chi connectivity index (χ3v) is 1.69. The Kier molecular flexibility index (Phi) is 3.74. The quantitative estimate of drug-likeness (QED) is 0.676. The van der Waals surface area contributed by atoms with Crippen molar-refractivity contribution in [2.45, 2.75) is 13.3 Å². The summed E-state index contributed by atoms with van der Waals surface area (Å²) in [6.07, 6.45) is 4.60. The van der Waals surface area contributed by atoms with Gasteiger partial charge in [-0.25, -0.2) is 0 Å². The molecule has 2 radical (unpaired) electrons. The number of ether oxygens (including phenoxy) is 1. The van der Waals surface area contributed by atoms with Gasteiger partial charge in [-0.3, -0.25) is 4.98 Å². The molecule has 2 nitrogen and oxygen atoms in total. The molecule has 0 spiro atoms. The average Bonchev–Trinajstić information content (AvgIpc) is 2.06. The average molecular weight is 163 g/mol. The molecule has 64 valence electrons. The topological polar surface area (TPSA) is 22.1 Å². The maximum atomic E-state index is 4.97. The van der Waals surface area contributed by atoms with Gasteiger partial charge in [0.15, 0.2) is 0 Å². The first-order valence-corrected chi connectivity index (χ1v) is 4.03. The van der Waals surface area contributed by atoms with Crippen LogP contribution in [0.25, 0.3) is 0 Å². The van der Waals surface area contributed by atoms with Crippen molar-refractivity contribution < 1.29 is 4.74 Å². The molecule has 1 atom stereocenters. The van der Waals surface area contributed by atoms with E-state index in [1.807, 2.05) is 12.3 Å². The molecule has 1 unspecified atom stereocenters. The van der Waals surface area contributed by atoms with E-state index in [4.69, 9.17) is 7.11 Å². The van der Waals surface area contributed by atoms with Crippen molar-refractivity contribution in [3.8, 4) is 0 Å². The molecule has 1 aromatic rings. The molecule has 0 aliphatic rings. The lowest BCUT2D eigenvalue weighted by molar-refractivity contribution is 0.196. The molecule has 0 aliphatic carbocycles. The second-order valence-corrected chi connectivity index (χ2v) is 3.00. The summed E-state index contributed by atoms with van der Waals surface area (Å²) < 4.78 is 4.56. The molecule has 1 aromatic heterocycles. The zero-order valence-electron chi connectivity index (χ0n) is 7.23. The summed E-state index contributed by atoms with van der Waals surface area (Å²) in [5.74, 6) is 0.444. The van der Waals surface area contributed by atoms with Crippen LogP contribution in [0, 0.1) is 13.0 Å². The highest BCUT2D eigenvalue weighted by Crippen LogP contribution is 2.06. The van der Waals surface area contributed by atoms with E-state index in [1.165, 1.54) is 5.56 Å². The fraction of sp³-hybridized carbons (Fsp3) is 0.400. The highest BCUT2D eigenvalue weighted by Gasteiger charge is 2.02. The summed E-state index contributed by atoms with van der Waals surface area (Å²) in [5, 5.41) is 0. The molecule has 1 heterocycles. The first-order chi connectivity index (χ1) is 5.83. The standard InChI is InChI=1S/C10H13NO/c1-9(8-12-2)6-10-4-3-5-11-7-10/h2-5,7,9H,6,8H2,1H3. The zero-order valence-corrected chi connectivity index (χ0v) is 7.23.